The molecule has 3 rings (SSSR count). The van der Waals surface area contributed by atoms with Crippen molar-refractivity contribution in [3.8, 4) is 5.75 Å². The van der Waals surface area contributed by atoms with Gasteiger partial charge >= 0.3 is 0 Å². The highest BCUT2D eigenvalue weighted by atomic mass is 16.5. The Hall–Kier alpha value is -1.76. The number of rotatable bonds is 4. The van der Waals surface area contributed by atoms with Gasteiger partial charge < -0.3 is 18.9 Å². The monoisotopic (exact) mass is 302 g/mol. The lowest BCUT2D eigenvalue weighted by Crippen LogP contribution is -2.54. The van der Waals surface area contributed by atoms with E-state index in [1.54, 1.807) is 9.47 Å². The van der Waals surface area contributed by atoms with E-state index in [1.165, 1.54) is 6.20 Å². The predicted molar refractivity (Wildman–Crippen MR) is 81.9 cm³/mol. The van der Waals surface area contributed by atoms with Crippen molar-refractivity contribution in [2.75, 3.05) is 19.8 Å². The maximum atomic E-state index is 12.7. The number of carbonyl (C=O) groups is 1. The molecule has 1 unspecified atom stereocenters. The molecule has 7 heteroatoms. The fourth-order valence-electron chi connectivity index (χ4n) is 2.85. The summed E-state index contributed by atoms with van der Waals surface area (Å²) in [6.45, 7) is 4.17. The third kappa shape index (κ3) is 2.54. The Balaban J connectivity index is 2.02. The van der Waals surface area contributed by atoms with Crippen LogP contribution < -0.4 is 15.6 Å². The number of hydrogen-bond acceptors (Lipinski definition) is 4. The van der Waals surface area contributed by atoms with E-state index in [4.69, 9.17) is 17.3 Å². The van der Waals surface area contributed by atoms with Gasteiger partial charge in [0, 0.05) is 12.7 Å². The molecule has 1 saturated heterocycles. The maximum Gasteiger partial charge on any atom is 0.276 e. The molecule has 0 bridgehead atoms. The lowest BCUT2D eigenvalue weighted by Gasteiger charge is -2.40. The number of aromatic nitrogens is 1. The van der Waals surface area contributed by atoms with Crippen molar-refractivity contribution >= 4 is 19.2 Å². The molecular formula is C15H19BN2O4. The molecule has 116 valence electrons. The summed E-state index contributed by atoms with van der Waals surface area (Å²) in [6, 6.07) is 0. The number of hydrogen-bond donors (Lipinski definition) is 0. The second-order valence-electron chi connectivity index (χ2n) is 5.62. The van der Waals surface area contributed by atoms with E-state index in [9.17, 15) is 9.59 Å². The fourth-order valence-corrected chi connectivity index (χ4v) is 2.85. The van der Waals surface area contributed by atoms with E-state index in [0.717, 1.165) is 19.3 Å². The molecule has 3 heterocycles. The standard InChI is InChI=1S/C15H19BN2O4/c1-2-3-6-22-14-12-15(20)18-5-4-7-21-11(18)9-17(12)8-10(16)13(14)19/h8,11H,2-7,9H2,1H3. The summed E-state index contributed by atoms with van der Waals surface area (Å²) in [7, 11) is 5.78. The average Bonchev–Trinajstić information content (AvgIpc) is 2.51. The van der Waals surface area contributed by atoms with E-state index in [-0.39, 0.29) is 29.0 Å². The van der Waals surface area contributed by atoms with E-state index in [1.807, 2.05) is 6.92 Å². The van der Waals surface area contributed by atoms with Gasteiger partial charge in [-0.25, -0.2) is 0 Å². The van der Waals surface area contributed by atoms with E-state index < -0.39 is 5.43 Å². The van der Waals surface area contributed by atoms with Crippen molar-refractivity contribution in [2.24, 2.45) is 0 Å². The number of pyridine rings is 1. The SMILES string of the molecule is [B]c1cn2c(c(OCCCC)c1=O)C(=O)N1CCCOC1C2. The molecule has 1 amide bonds. The van der Waals surface area contributed by atoms with Gasteiger partial charge in [0.05, 0.1) is 19.8 Å². The third-order valence-corrected chi connectivity index (χ3v) is 4.03. The second-order valence-corrected chi connectivity index (χ2v) is 5.62. The van der Waals surface area contributed by atoms with Crippen molar-refractivity contribution in [1.29, 1.82) is 0 Å². The van der Waals surface area contributed by atoms with Crippen LogP contribution in [-0.2, 0) is 11.3 Å². The number of carbonyl (C=O) groups excluding carboxylic acids is 1. The van der Waals surface area contributed by atoms with Crippen molar-refractivity contribution < 1.29 is 14.3 Å². The van der Waals surface area contributed by atoms with E-state index in [0.29, 0.717) is 26.3 Å². The van der Waals surface area contributed by atoms with Crippen LogP contribution in [0.25, 0.3) is 0 Å². The molecule has 0 aliphatic carbocycles. The van der Waals surface area contributed by atoms with E-state index in [2.05, 4.69) is 0 Å². The third-order valence-electron chi connectivity index (χ3n) is 4.03. The number of unbranched alkanes of at least 4 members (excludes halogenated alkanes) is 1. The summed E-state index contributed by atoms with van der Waals surface area (Å²) in [4.78, 5) is 26.7. The first-order valence-electron chi connectivity index (χ1n) is 7.71. The van der Waals surface area contributed by atoms with Gasteiger partial charge in [-0.2, -0.15) is 0 Å². The Morgan fingerprint density at radius 1 is 1.45 bits per heavy atom. The first kappa shape index (κ1) is 15.2. The van der Waals surface area contributed by atoms with Crippen molar-refractivity contribution in [2.45, 2.75) is 39.0 Å². The van der Waals surface area contributed by atoms with Crippen LogP contribution in [0.15, 0.2) is 11.0 Å². The molecule has 1 aromatic rings. The van der Waals surface area contributed by atoms with Gasteiger partial charge in [0.25, 0.3) is 5.91 Å². The summed E-state index contributed by atoms with van der Waals surface area (Å²) in [5.74, 6) is -0.151. The lowest BCUT2D eigenvalue weighted by atomic mass is 9.96. The molecule has 2 radical (unpaired) electrons. The van der Waals surface area contributed by atoms with Crippen LogP contribution in [0.3, 0.4) is 0 Å². The highest BCUT2D eigenvalue weighted by Crippen LogP contribution is 2.25. The molecule has 0 spiro atoms. The molecule has 0 N–H and O–H groups in total. The summed E-state index contributed by atoms with van der Waals surface area (Å²) < 4.78 is 12.9. The number of amides is 1. The highest BCUT2D eigenvalue weighted by molar-refractivity contribution is 6.32. The smallest absolute Gasteiger partial charge is 0.276 e. The summed E-state index contributed by atoms with van der Waals surface area (Å²) >= 11 is 0. The van der Waals surface area contributed by atoms with Gasteiger partial charge in [-0.15, -0.1) is 0 Å². The van der Waals surface area contributed by atoms with Crippen molar-refractivity contribution in [1.82, 2.24) is 9.47 Å². The number of ether oxygens (including phenoxy) is 2. The van der Waals surface area contributed by atoms with Crippen LogP contribution in [0.1, 0.15) is 36.7 Å². The van der Waals surface area contributed by atoms with Crippen LogP contribution in [0, 0.1) is 0 Å². The molecule has 2 aliphatic rings. The van der Waals surface area contributed by atoms with Gasteiger partial charge in [-0.05, 0) is 18.3 Å². The molecular weight excluding hydrogens is 283 g/mol. The van der Waals surface area contributed by atoms with Gasteiger partial charge in [-0.1, -0.05) is 13.3 Å². The van der Waals surface area contributed by atoms with Crippen LogP contribution in [-0.4, -0.2) is 49.2 Å². The molecule has 0 aromatic carbocycles. The molecule has 2 aliphatic heterocycles. The van der Waals surface area contributed by atoms with Gasteiger partial charge in [0.2, 0.25) is 5.43 Å². The normalized spacial score (nSPS) is 20.5. The molecule has 1 atom stereocenters. The Morgan fingerprint density at radius 2 is 2.27 bits per heavy atom. The van der Waals surface area contributed by atoms with Crippen LogP contribution in [0.2, 0.25) is 0 Å². The summed E-state index contributed by atoms with van der Waals surface area (Å²) in [6.07, 6.45) is 3.78. The lowest BCUT2D eigenvalue weighted by molar-refractivity contribution is -0.0919. The Kier molecular flexibility index (Phi) is 4.24. The number of fused-ring (bicyclic) bond motifs is 2. The number of nitrogens with zero attached hydrogens (tertiary/aromatic N) is 2. The zero-order valence-corrected chi connectivity index (χ0v) is 12.7. The molecule has 6 nitrogen and oxygen atoms in total. The molecule has 0 saturated carbocycles. The summed E-state index contributed by atoms with van der Waals surface area (Å²) in [5.41, 5.74) is -0.0311. The van der Waals surface area contributed by atoms with Crippen LogP contribution in [0.4, 0.5) is 0 Å². The quantitative estimate of drug-likeness (QED) is 0.581. The van der Waals surface area contributed by atoms with Crippen LogP contribution >= 0.6 is 0 Å². The minimum absolute atomic E-state index is 0.0717. The van der Waals surface area contributed by atoms with Crippen molar-refractivity contribution in [3.63, 3.8) is 0 Å². The van der Waals surface area contributed by atoms with Gasteiger partial charge in [0.1, 0.15) is 7.85 Å². The topological polar surface area (TPSA) is 60.8 Å². The Morgan fingerprint density at radius 3 is 3.05 bits per heavy atom. The van der Waals surface area contributed by atoms with Crippen LogP contribution in [0.5, 0.6) is 5.75 Å². The zero-order chi connectivity index (χ0) is 15.7. The Bertz CT molecular complexity index is 643. The van der Waals surface area contributed by atoms with Crippen molar-refractivity contribution in [3.05, 3.63) is 22.1 Å². The average molecular weight is 302 g/mol. The molecule has 22 heavy (non-hydrogen) atoms. The van der Waals surface area contributed by atoms with Gasteiger partial charge in [-0.3, -0.25) is 9.59 Å². The largest absolute Gasteiger partial charge is 0.487 e. The first-order chi connectivity index (χ1) is 10.6. The first-order valence-corrected chi connectivity index (χ1v) is 7.71. The Labute approximate surface area is 130 Å². The molecule has 1 fully saturated rings. The van der Waals surface area contributed by atoms with E-state index >= 15 is 0 Å². The predicted octanol–water partition coefficient (Wildman–Crippen LogP) is 0.0232. The molecule has 1 aromatic heterocycles. The fraction of sp³-hybridized carbons (Fsp3) is 0.600. The minimum Gasteiger partial charge on any atom is -0.487 e. The summed E-state index contributed by atoms with van der Waals surface area (Å²) in [5, 5.41) is 0. The minimum atomic E-state index is -0.410. The maximum absolute atomic E-state index is 12.7. The van der Waals surface area contributed by atoms with Gasteiger partial charge in [0.15, 0.2) is 17.7 Å². The highest BCUT2D eigenvalue weighted by Gasteiger charge is 2.37. The second kappa shape index (κ2) is 6.16. The zero-order valence-electron chi connectivity index (χ0n) is 12.7.